The van der Waals surface area contributed by atoms with E-state index in [0.29, 0.717) is 6.92 Å². The van der Waals surface area contributed by atoms with Crippen LogP contribution in [0.2, 0.25) is 0 Å². The first-order valence-corrected chi connectivity index (χ1v) is 6.20. The van der Waals surface area contributed by atoms with Crippen molar-refractivity contribution in [1.29, 1.82) is 0 Å². The maximum atomic E-state index is 11.2. The first-order chi connectivity index (χ1) is 9.42. The summed E-state index contributed by atoms with van der Waals surface area (Å²) in [5.41, 5.74) is -1.02. The molecule has 0 amide bonds. The Balaban J connectivity index is -0.0000000600. The minimum atomic E-state index is -4.64. The van der Waals surface area contributed by atoms with Gasteiger partial charge in [0.1, 0.15) is 5.71 Å². The van der Waals surface area contributed by atoms with Crippen molar-refractivity contribution in [1.82, 2.24) is 0 Å². The van der Waals surface area contributed by atoms with E-state index < -0.39 is 23.8 Å². The molecule has 0 aliphatic carbocycles. The molecule has 0 fully saturated rings. The molecular formula is C7H16BaF6N4O3. The first kappa shape index (κ1) is 32.8. The molecule has 0 heterocycles. The number of nitrogens with two attached hydrogens (primary N) is 3. The van der Waals surface area contributed by atoms with Gasteiger partial charge in [0.25, 0.3) is 0 Å². The van der Waals surface area contributed by atoms with Gasteiger partial charge in [-0.05, 0) is 6.92 Å². The average Bonchev–Trinajstić information content (AvgIpc) is 2.43. The molecule has 21 heavy (non-hydrogen) atoms. The van der Waals surface area contributed by atoms with Crippen LogP contribution in [0.5, 0.6) is 0 Å². The molecule has 0 aliphatic heterocycles. The average molecular weight is 456 g/mol. The van der Waals surface area contributed by atoms with Gasteiger partial charge in [-0.15, -0.1) is 0 Å². The molecule has 0 aromatic heterocycles. The molecule has 0 saturated carbocycles. The van der Waals surface area contributed by atoms with Crippen LogP contribution in [0.25, 0.3) is 0 Å². The molecule has 0 aromatic carbocycles. The third-order valence-corrected chi connectivity index (χ3v) is 1.00. The molecule has 0 aromatic rings. The van der Waals surface area contributed by atoms with Gasteiger partial charge in [-0.2, -0.15) is 31.4 Å². The molecule has 126 valence electrons. The van der Waals surface area contributed by atoms with Crippen LogP contribution in [0, 0.1) is 0 Å². The predicted octanol–water partition coefficient (Wildman–Crippen LogP) is -0.0513. The van der Waals surface area contributed by atoms with E-state index in [0.717, 1.165) is 14.0 Å². The predicted molar refractivity (Wildman–Crippen MR) is 63.0 cm³/mol. The quantitative estimate of drug-likeness (QED) is 0.132. The number of hydrogen-bond donors (Lipinski definition) is 4. The number of aliphatic hydroxyl groups excluding tert-OH is 1. The van der Waals surface area contributed by atoms with Crippen molar-refractivity contribution in [3.63, 3.8) is 0 Å². The SMILES string of the molecule is CC(=NN)C(F)(F)F.CC(=O)C(F)(F)F.CO.NN.[O]=[Ba]. The van der Waals surface area contributed by atoms with Crippen molar-refractivity contribution in [2.75, 3.05) is 7.11 Å². The number of aliphatic hydroxyl groups is 1. The van der Waals surface area contributed by atoms with E-state index >= 15 is 0 Å². The first-order valence-electron chi connectivity index (χ1n) is 4.39. The van der Waals surface area contributed by atoms with E-state index in [1.807, 2.05) is 0 Å². The fourth-order valence-corrected chi connectivity index (χ4v) is 0.0732. The zero-order valence-electron chi connectivity index (χ0n) is 11.4. The summed E-state index contributed by atoms with van der Waals surface area (Å²) < 4.78 is 74.6. The molecule has 0 atom stereocenters. The van der Waals surface area contributed by atoms with Crippen molar-refractivity contribution in [2.24, 2.45) is 22.6 Å². The Morgan fingerprint density at radius 2 is 1.14 bits per heavy atom. The molecule has 0 aliphatic rings. The molecule has 0 unspecified atom stereocenters. The Bertz CT molecular complexity index is 272. The zero-order valence-corrected chi connectivity index (χ0v) is 15.9. The Kier molecular flexibility index (Phi) is 31.2. The second kappa shape index (κ2) is 20.0. The number of hydrazone groups is 1. The summed E-state index contributed by atoms with van der Waals surface area (Å²) in [6.45, 7) is 1.29. The fraction of sp³-hybridized carbons (Fsp3) is 0.714. The van der Waals surface area contributed by atoms with Crippen molar-refractivity contribution in [3.05, 3.63) is 0 Å². The van der Waals surface area contributed by atoms with Gasteiger partial charge in [-0.25, -0.2) is 0 Å². The standard InChI is InChI=1S/C3H5F3N2.C3H3F3O.CH4O.Ba.H4N2.O/c1-2(8-7)3(4,5)6;1-2(7)3(4,5)6;1-2;;1-2;/h7H2,1H3;1H3;2H,1H3;;1-2H2;. The Morgan fingerprint density at radius 3 is 1.14 bits per heavy atom. The summed E-state index contributed by atoms with van der Waals surface area (Å²) in [6.07, 6.45) is -9.01. The third kappa shape index (κ3) is 33.0. The van der Waals surface area contributed by atoms with Crippen molar-refractivity contribution >= 4 is 58.2 Å². The van der Waals surface area contributed by atoms with Crippen LogP contribution < -0.4 is 17.5 Å². The molecule has 7 N–H and O–H groups in total. The normalized spacial score (nSPS) is 10.1. The number of ketones is 1. The van der Waals surface area contributed by atoms with Gasteiger partial charge >= 0.3 is 59.1 Å². The Hall–Kier alpha value is -0.0286. The van der Waals surface area contributed by atoms with Crippen LogP contribution in [0.3, 0.4) is 0 Å². The molecule has 0 spiro atoms. The van der Waals surface area contributed by atoms with Gasteiger partial charge in [0.2, 0.25) is 5.78 Å². The van der Waals surface area contributed by atoms with E-state index in [9.17, 15) is 31.1 Å². The summed E-state index contributed by atoms with van der Waals surface area (Å²) in [5.74, 6) is 10.6. The van der Waals surface area contributed by atoms with Crippen molar-refractivity contribution in [2.45, 2.75) is 26.2 Å². The van der Waals surface area contributed by atoms with Crippen molar-refractivity contribution < 1.29 is 36.3 Å². The van der Waals surface area contributed by atoms with Gasteiger partial charge < -0.3 is 10.9 Å². The Labute approximate surface area is 149 Å². The van der Waals surface area contributed by atoms with Crippen LogP contribution in [0.4, 0.5) is 26.3 Å². The molecule has 0 radical (unpaired) electrons. The number of rotatable bonds is 0. The summed E-state index contributed by atoms with van der Waals surface area (Å²) in [4.78, 5) is 9.34. The number of carbonyl (C=O) groups excluding carboxylic acids is 1. The molecule has 0 bridgehead atoms. The molecule has 7 nitrogen and oxygen atoms in total. The van der Waals surface area contributed by atoms with Crippen LogP contribution >= 0.6 is 0 Å². The molecule has 0 saturated heterocycles. The number of halogens is 6. The van der Waals surface area contributed by atoms with Crippen LogP contribution in [-0.4, -0.2) is 82.8 Å². The molecule has 0 rings (SSSR count). The summed E-state index contributed by atoms with van der Waals surface area (Å²) in [6, 6.07) is 0. The molecule has 14 heteroatoms. The zero-order chi connectivity index (χ0) is 18.9. The van der Waals surface area contributed by atoms with E-state index in [4.69, 9.17) is 5.15 Å². The summed E-state index contributed by atoms with van der Waals surface area (Å²) in [5, 5.41) is 9.45. The van der Waals surface area contributed by atoms with E-state index in [2.05, 4.69) is 22.6 Å². The van der Waals surface area contributed by atoms with Gasteiger partial charge in [0.15, 0.2) is 0 Å². The minimum absolute atomic E-state index is 0.222. The second-order valence-corrected chi connectivity index (χ2v) is 2.27. The van der Waals surface area contributed by atoms with E-state index in [-0.39, 0.29) is 46.7 Å². The summed E-state index contributed by atoms with van der Waals surface area (Å²) >= 11 is -0.222. The van der Waals surface area contributed by atoms with Gasteiger partial charge in [0.05, 0.1) is 0 Å². The van der Waals surface area contributed by atoms with Crippen LogP contribution in [0.1, 0.15) is 13.8 Å². The second-order valence-electron chi connectivity index (χ2n) is 2.27. The topological polar surface area (TPSA) is 145 Å². The van der Waals surface area contributed by atoms with Gasteiger partial charge in [-0.1, -0.05) is 0 Å². The molecular weight excluding hydrogens is 439 g/mol. The van der Waals surface area contributed by atoms with Crippen LogP contribution in [0.15, 0.2) is 5.10 Å². The van der Waals surface area contributed by atoms with Crippen molar-refractivity contribution in [3.8, 4) is 0 Å². The van der Waals surface area contributed by atoms with E-state index in [1.165, 1.54) is 0 Å². The number of hydrazine groups is 1. The number of carbonyl (C=O) groups is 1. The third-order valence-electron chi connectivity index (χ3n) is 1.00. The van der Waals surface area contributed by atoms with Crippen LogP contribution in [-0.2, 0) is 4.83 Å². The Morgan fingerprint density at radius 1 is 0.952 bits per heavy atom. The van der Waals surface area contributed by atoms with E-state index in [1.54, 1.807) is 0 Å². The maximum absolute atomic E-state index is 11.2. The number of alkyl halides is 6. The number of hydrogen-bond acceptors (Lipinski definition) is 7. The fourth-order valence-electron chi connectivity index (χ4n) is 0.0732. The monoisotopic (exact) mass is 456 g/mol. The summed E-state index contributed by atoms with van der Waals surface area (Å²) in [7, 11) is 1.00. The number of nitrogens with zero attached hydrogens (tertiary/aromatic N) is 1. The van der Waals surface area contributed by atoms with Gasteiger partial charge in [-0.3, -0.25) is 16.5 Å². The number of Topliss-reactive ketones (excluding diaryl/α,β-unsaturated/α-hetero) is 1. The van der Waals surface area contributed by atoms with Gasteiger partial charge in [0, 0.05) is 14.0 Å².